The second kappa shape index (κ2) is 14.1. The summed E-state index contributed by atoms with van der Waals surface area (Å²) in [5.41, 5.74) is 11.1. The molecule has 0 heterocycles. The molecule has 168 valence electrons. The van der Waals surface area contributed by atoms with Gasteiger partial charge in [0.1, 0.15) is 18.1 Å². The molecule has 0 bridgehead atoms. The molecule has 0 rings (SSSR count). The number of amides is 3. The summed E-state index contributed by atoms with van der Waals surface area (Å²) in [5, 5.41) is 34.7. The fraction of sp³-hybridized carbons (Fsp3) is 0.750. The molecule has 0 aliphatic heterocycles. The summed E-state index contributed by atoms with van der Waals surface area (Å²) in [6.45, 7) is 0.880. The van der Waals surface area contributed by atoms with E-state index in [4.69, 9.17) is 16.6 Å². The number of aliphatic carboxylic acids is 1. The van der Waals surface area contributed by atoms with Crippen molar-refractivity contribution in [3.05, 3.63) is 0 Å². The van der Waals surface area contributed by atoms with Crippen LogP contribution < -0.4 is 27.4 Å². The van der Waals surface area contributed by atoms with Gasteiger partial charge < -0.3 is 42.7 Å². The van der Waals surface area contributed by atoms with E-state index in [-0.39, 0.29) is 5.75 Å². The molecule has 0 saturated carbocycles. The van der Waals surface area contributed by atoms with E-state index in [2.05, 4.69) is 28.6 Å². The van der Waals surface area contributed by atoms with E-state index in [0.29, 0.717) is 25.8 Å². The fourth-order valence-electron chi connectivity index (χ4n) is 2.22. The molecule has 29 heavy (non-hydrogen) atoms. The van der Waals surface area contributed by atoms with Gasteiger partial charge in [-0.05, 0) is 26.3 Å². The summed E-state index contributed by atoms with van der Waals surface area (Å²) in [7, 11) is 0. The summed E-state index contributed by atoms with van der Waals surface area (Å²) in [5.74, 6) is -4.13. The second-order valence-corrected chi connectivity index (χ2v) is 6.81. The maximum absolute atomic E-state index is 12.3. The normalized spacial score (nSPS) is 16.1. The molecule has 10 N–H and O–H groups in total. The Morgan fingerprint density at radius 2 is 1.59 bits per heavy atom. The Labute approximate surface area is 174 Å². The van der Waals surface area contributed by atoms with Crippen LogP contribution in [0.4, 0.5) is 0 Å². The summed E-state index contributed by atoms with van der Waals surface area (Å²) < 4.78 is 0. The molecule has 0 aliphatic carbocycles. The van der Waals surface area contributed by atoms with Crippen LogP contribution in [-0.2, 0) is 19.2 Å². The first-order valence-electron chi connectivity index (χ1n) is 9.08. The van der Waals surface area contributed by atoms with Gasteiger partial charge in [0.05, 0.1) is 18.8 Å². The van der Waals surface area contributed by atoms with Gasteiger partial charge >= 0.3 is 5.97 Å². The van der Waals surface area contributed by atoms with Gasteiger partial charge in [-0.1, -0.05) is 6.42 Å². The third-order valence-electron chi connectivity index (χ3n) is 3.98. The highest BCUT2D eigenvalue weighted by Gasteiger charge is 2.32. The number of hydrogen-bond acceptors (Lipinski definition) is 9. The van der Waals surface area contributed by atoms with Crippen LogP contribution in [0.2, 0.25) is 0 Å². The number of nitrogens with two attached hydrogens (primary N) is 2. The van der Waals surface area contributed by atoms with E-state index in [1.165, 1.54) is 6.92 Å². The number of hydrogen-bond donors (Lipinski definition) is 9. The average molecular weight is 438 g/mol. The number of aliphatic hydroxyl groups is 2. The number of unbranched alkanes of at least 4 members (excludes halogenated alkanes) is 1. The summed E-state index contributed by atoms with van der Waals surface area (Å²) in [6, 6.07) is -5.18. The zero-order valence-corrected chi connectivity index (χ0v) is 17.1. The Morgan fingerprint density at radius 3 is 2.03 bits per heavy atom. The number of carbonyl (C=O) groups is 4. The van der Waals surface area contributed by atoms with Crippen LogP contribution in [0, 0.1) is 0 Å². The van der Waals surface area contributed by atoms with Gasteiger partial charge in [0.15, 0.2) is 0 Å². The Balaban J connectivity index is 4.98. The van der Waals surface area contributed by atoms with E-state index in [1.54, 1.807) is 0 Å². The first kappa shape index (κ1) is 27.1. The van der Waals surface area contributed by atoms with Gasteiger partial charge in [-0.3, -0.25) is 14.4 Å². The lowest BCUT2D eigenvalue weighted by atomic mass is 10.1. The average Bonchev–Trinajstić information content (AvgIpc) is 2.67. The van der Waals surface area contributed by atoms with E-state index in [0.717, 1.165) is 0 Å². The topological polar surface area (TPSA) is 217 Å². The molecule has 0 radical (unpaired) electrons. The van der Waals surface area contributed by atoms with E-state index in [1.807, 2.05) is 0 Å². The van der Waals surface area contributed by atoms with Crippen LogP contribution >= 0.6 is 12.6 Å². The van der Waals surface area contributed by atoms with Crippen LogP contribution in [0.5, 0.6) is 0 Å². The lowest BCUT2D eigenvalue weighted by Gasteiger charge is -2.25. The van der Waals surface area contributed by atoms with E-state index in [9.17, 15) is 29.4 Å². The first-order chi connectivity index (χ1) is 13.6. The Hall–Kier alpha value is -1.93. The maximum atomic E-state index is 12.3. The number of thiol groups is 1. The minimum atomic E-state index is -1.52. The van der Waals surface area contributed by atoms with Crippen molar-refractivity contribution >= 4 is 36.3 Å². The summed E-state index contributed by atoms with van der Waals surface area (Å²) in [6.07, 6.45) is 0.241. The van der Waals surface area contributed by atoms with Crippen LogP contribution in [0.3, 0.4) is 0 Å². The fourth-order valence-corrected chi connectivity index (χ4v) is 2.47. The van der Waals surface area contributed by atoms with Crippen molar-refractivity contribution in [2.24, 2.45) is 11.5 Å². The number of carboxylic acid groups (broad SMARTS) is 1. The zero-order chi connectivity index (χ0) is 22.6. The van der Waals surface area contributed by atoms with Crippen molar-refractivity contribution in [1.82, 2.24) is 16.0 Å². The predicted molar refractivity (Wildman–Crippen MR) is 107 cm³/mol. The number of aliphatic hydroxyl groups excluding tert-OH is 2. The van der Waals surface area contributed by atoms with Crippen LogP contribution in [0.15, 0.2) is 0 Å². The minimum absolute atomic E-state index is 0.209. The van der Waals surface area contributed by atoms with E-state index >= 15 is 0 Å². The van der Waals surface area contributed by atoms with Crippen molar-refractivity contribution in [3.8, 4) is 0 Å². The van der Waals surface area contributed by atoms with Crippen LogP contribution in [0.1, 0.15) is 26.2 Å². The zero-order valence-electron chi connectivity index (χ0n) is 16.2. The molecule has 0 aromatic carbocycles. The molecule has 0 saturated heterocycles. The van der Waals surface area contributed by atoms with Crippen molar-refractivity contribution < 1.29 is 34.5 Å². The number of carboxylic acids is 1. The SMILES string of the molecule is C[C@@H](O)[C@H](NC(=O)[C@H](CO)NC(=O)[C@@H](N)CCCCN)C(=O)N[C@@H](CS)C(=O)O. The molecule has 0 aromatic heterocycles. The van der Waals surface area contributed by atoms with Gasteiger partial charge in [0, 0.05) is 5.75 Å². The monoisotopic (exact) mass is 437 g/mol. The van der Waals surface area contributed by atoms with Crippen molar-refractivity contribution in [2.45, 2.75) is 56.5 Å². The Bertz CT molecular complexity index is 564. The molecule has 13 heteroatoms. The lowest BCUT2D eigenvalue weighted by Crippen LogP contribution is -2.60. The van der Waals surface area contributed by atoms with Gasteiger partial charge in [-0.25, -0.2) is 4.79 Å². The molecule has 0 aromatic rings. The van der Waals surface area contributed by atoms with Crippen molar-refractivity contribution in [2.75, 3.05) is 18.9 Å². The van der Waals surface area contributed by atoms with Gasteiger partial charge in [-0.15, -0.1) is 0 Å². The van der Waals surface area contributed by atoms with E-state index < -0.39 is 60.6 Å². The molecule has 12 nitrogen and oxygen atoms in total. The molecule has 0 spiro atoms. The van der Waals surface area contributed by atoms with Crippen molar-refractivity contribution in [3.63, 3.8) is 0 Å². The molecule has 5 atom stereocenters. The van der Waals surface area contributed by atoms with Gasteiger partial charge in [0.2, 0.25) is 17.7 Å². The largest absolute Gasteiger partial charge is 0.480 e. The molecular formula is C16H31N5O7S. The smallest absolute Gasteiger partial charge is 0.327 e. The number of carbonyl (C=O) groups excluding carboxylic acids is 3. The third kappa shape index (κ3) is 9.89. The molecule has 3 amide bonds. The minimum Gasteiger partial charge on any atom is -0.480 e. The summed E-state index contributed by atoms with van der Waals surface area (Å²) in [4.78, 5) is 47.6. The standard InChI is InChI=1S/C16H31N5O7S/c1-8(23)12(15(26)20-11(7-29)16(27)28)21-14(25)10(6-22)19-13(24)9(18)4-2-3-5-17/h8-12,22-23,29H,2-7,17-18H2,1H3,(H,19,24)(H,20,26)(H,21,25)(H,27,28)/t8-,9+,10+,11+,12+/m1/s1. The van der Waals surface area contributed by atoms with Crippen LogP contribution in [0.25, 0.3) is 0 Å². The van der Waals surface area contributed by atoms with Gasteiger partial charge in [0.25, 0.3) is 0 Å². The van der Waals surface area contributed by atoms with Gasteiger partial charge in [-0.2, -0.15) is 12.6 Å². The highest BCUT2D eigenvalue weighted by Crippen LogP contribution is 2.01. The highest BCUT2D eigenvalue weighted by molar-refractivity contribution is 7.80. The Kier molecular flexibility index (Phi) is 13.2. The first-order valence-corrected chi connectivity index (χ1v) is 9.71. The number of rotatable bonds is 14. The molecule has 0 unspecified atom stereocenters. The Morgan fingerprint density at radius 1 is 1.00 bits per heavy atom. The number of nitrogens with one attached hydrogen (secondary N) is 3. The predicted octanol–water partition coefficient (Wildman–Crippen LogP) is -3.72. The third-order valence-corrected chi connectivity index (χ3v) is 4.35. The molecular weight excluding hydrogens is 406 g/mol. The maximum Gasteiger partial charge on any atom is 0.327 e. The highest BCUT2D eigenvalue weighted by atomic mass is 32.1. The summed E-state index contributed by atoms with van der Waals surface area (Å²) >= 11 is 3.81. The quantitative estimate of drug-likeness (QED) is 0.0962. The van der Waals surface area contributed by atoms with Crippen LogP contribution in [-0.4, -0.2) is 88.2 Å². The van der Waals surface area contributed by atoms with Crippen molar-refractivity contribution in [1.29, 1.82) is 0 Å². The molecule has 0 fully saturated rings. The second-order valence-electron chi connectivity index (χ2n) is 6.44. The lowest BCUT2D eigenvalue weighted by molar-refractivity contribution is -0.142. The molecule has 0 aliphatic rings.